The van der Waals surface area contributed by atoms with Crippen LogP contribution in [-0.2, 0) is 22.0 Å². The summed E-state index contributed by atoms with van der Waals surface area (Å²) < 4.78 is 56.0. The number of phosphoric ester groups is 2. The van der Waals surface area contributed by atoms with Gasteiger partial charge in [-0.25, -0.2) is 9.13 Å². The molecule has 2 aliphatic rings. The minimum absolute atomic E-state index is 0.171. The van der Waals surface area contributed by atoms with Gasteiger partial charge in [-0.3, -0.25) is 9.79 Å². The zero-order valence-corrected chi connectivity index (χ0v) is 76.1. The molecule has 0 bridgehead atoms. The van der Waals surface area contributed by atoms with E-state index in [2.05, 4.69) is 331 Å². The molecule has 2 heterocycles. The van der Waals surface area contributed by atoms with Crippen molar-refractivity contribution in [1.82, 2.24) is 0 Å². The van der Waals surface area contributed by atoms with Crippen LogP contribution < -0.4 is 18.1 Å². The van der Waals surface area contributed by atoms with Crippen molar-refractivity contribution in [2.24, 2.45) is 0 Å². The van der Waals surface area contributed by atoms with Crippen molar-refractivity contribution in [2.75, 3.05) is 0 Å². The van der Waals surface area contributed by atoms with Gasteiger partial charge in [-0.15, -0.1) is 6.58 Å². The highest BCUT2D eigenvalue weighted by atomic mass is 31.2. The largest absolute Gasteiger partial charge is 0.584 e. The molecule has 0 radical (unpaired) electrons. The molecular formula is C107H126O8P2. The first-order valence-electron chi connectivity index (χ1n) is 43.4. The third-order valence-corrected chi connectivity index (χ3v) is 26.1. The van der Waals surface area contributed by atoms with E-state index in [1.165, 1.54) is 72.3 Å². The van der Waals surface area contributed by atoms with Crippen LogP contribution in [0, 0.1) is 0 Å². The third kappa shape index (κ3) is 16.7. The number of fused-ring (bicyclic) bond motifs is 14. The molecule has 0 amide bonds. The molecule has 2 N–H and O–H groups in total. The number of phosphoric acid groups is 2. The Morgan fingerprint density at radius 2 is 0.538 bits per heavy atom. The van der Waals surface area contributed by atoms with Gasteiger partial charge in [-0.2, -0.15) is 0 Å². The molecular weight excluding hydrogens is 1480 g/mol. The lowest BCUT2D eigenvalue weighted by Gasteiger charge is -2.26. The minimum Gasteiger partial charge on any atom is -0.394 e. The summed E-state index contributed by atoms with van der Waals surface area (Å²) in [5, 5.41) is 7.94. The minimum atomic E-state index is -4.78. The highest BCUT2D eigenvalue weighted by Crippen LogP contribution is 2.66. The van der Waals surface area contributed by atoms with Crippen molar-refractivity contribution in [3.05, 3.63) is 248 Å². The van der Waals surface area contributed by atoms with E-state index in [0.717, 1.165) is 141 Å². The van der Waals surface area contributed by atoms with Gasteiger partial charge in [0.2, 0.25) is 0 Å². The Labute approximate surface area is 699 Å². The summed E-state index contributed by atoms with van der Waals surface area (Å²) in [7, 11) is -9.56. The smallest absolute Gasteiger partial charge is 0.394 e. The van der Waals surface area contributed by atoms with E-state index < -0.39 is 15.6 Å². The second-order valence-electron chi connectivity index (χ2n) is 37.1. The number of benzene rings is 12. The SMILES string of the molecule is C=CCc1ccc2c3c(c(-c4c(C(C)C)cc(C(C)C)cc4C(C)C)cc2c1)OP(=O)(O)Oc1c(-c2c(C(C)C)cc(C(C)C)cc2C(C)C)cc2ccccc2c1-3.CCCCc1ccc2c3c(c(-c4c(C(C)C)cc(C(C)C)cc4C(C)C)cc2c1)OP(=O)(O)Oc1c(-c2c(C(C)C)cc(C(C)C)cc2C(C)C)cc2ccccc2c1-3. The van der Waals surface area contributed by atoms with E-state index in [9.17, 15) is 18.9 Å². The van der Waals surface area contributed by atoms with Crippen LogP contribution in [0.3, 0.4) is 0 Å². The lowest BCUT2D eigenvalue weighted by Crippen LogP contribution is -2.06. The number of rotatable bonds is 21. The number of unbranched alkanes of at least 4 members (excludes halogenated alkanes) is 1. The summed E-state index contributed by atoms with van der Waals surface area (Å²) in [5.41, 5.74) is 27.8. The van der Waals surface area contributed by atoms with E-state index >= 15 is 0 Å². The average molecular weight is 1600 g/mol. The highest BCUT2D eigenvalue weighted by Gasteiger charge is 2.43. The van der Waals surface area contributed by atoms with Crippen molar-refractivity contribution >= 4 is 58.7 Å². The number of hydrogen-bond donors (Lipinski definition) is 2. The zero-order valence-electron chi connectivity index (χ0n) is 74.3. The van der Waals surface area contributed by atoms with Gasteiger partial charge in [0.05, 0.1) is 0 Å². The summed E-state index contributed by atoms with van der Waals surface area (Å²) in [4.78, 5) is 24.2. The molecule has 2 unspecified atom stereocenters. The maximum Gasteiger partial charge on any atom is 0.584 e. The monoisotopic (exact) mass is 1600 g/mol. The van der Waals surface area contributed by atoms with Crippen LogP contribution in [0.2, 0.25) is 0 Å². The quantitative estimate of drug-likeness (QED) is 0.0541. The van der Waals surface area contributed by atoms with Gasteiger partial charge in [0.1, 0.15) is 23.0 Å². The molecule has 117 heavy (non-hydrogen) atoms. The van der Waals surface area contributed by atoms with Crippen molar-refractivity contribution in [3.8, 4) is 89.8 Å². The van der Waals surface area contributed by atoms with Crippen LogP contribution in [0.25, 0.3) is 110 Å². The summed E-state index contributed by atoms with van der Waals surface area (Å²) in [6.07, 6.45) is 5.84. The van der Waals surface area contributed by atoms with E-state index in [1.807, 2.05) is 12.1 Å². The topological polar surface area (TPSA) is 112 Å². The van der Waals surface area contributed by atoms with Crippen molar-refractivity contribution in [2.45, 2.75) is 270 Å². The molecule has 8 nitrogen and oxygen atoms in total. The zero-order chi connectivity index (χ0) is 84.6. The van der Waals surface area contributed by atoms with Gasteiger partial charge < -0.3 is 18.1 Å². The first-order valence-corrected chi connectivity index (χ1v) is 46.4. The van der Waals surface area contributed by atoms with Gasteiger partial charge in [0.25, 0.3) is 0 Å². The molecule has 2 atom stereocenters. The number of hydrogen-bond acceptors (Lipinski definition) is 6. The van der Waals surface area contributed by atoms with Crippen molar-refractivity contribution in [1.29, 1.82) is 0 Å². The Hall–Kier alpha value is -9.00. The third-order valence-electron chi connectivity index (χ3n) is 24.4. The van der Waals surface area contributed by atoms with Gasteiger partial charge in [-0.1, -0.05) is 319 Å². The van der Waals surface area contributed by atoms with Crippen molar-refractivity contribution in [3.63, 3.8) is 0 Å². The fourth-order valence-electron chi connectivity index (χ4n) is 18.0. The summed E-state index contributed by atoms with van der Waals surface area (Å²) in [5.74, 6) is 4.34. The molecule has 0 spiro atoms. The Balaban J connectivity index is 0.000000203. The Morgan fingerprint density at radius 1 is 0.299 bits per heavy atom. The molecule has 10 heteroatoms. The highest BCUT2D eigenvalue weighted by molar-refractivity contribution is 7.48. The molecule has 12 aromatic carbocycles. The van der Waals surface area contributed by atoms with Gasteiger partial charge in [-0.05, 0) is 258 Å². The standard InChI is InChI=1S/C54H65O4P.C53H61O4P/c1-14-15-18-36-21-22-42-40(23-36)29-48(50-45(34(10)11)27-39(31(4)5)28-46(50)35(12)13)54-52(42)51-41-20-17-16-19-37(41)24-47(53(51)57-59(55,56)58-54)49-43(32(6)7)25-38(30(2)3)26-44(49)33(8)9;1-14-17-35-20-21-41-39(22-35)28-47(49-44(33(10)11)26-38(30(4)5)27-45(49)34(12)13)53-51(41)50-40-19-16-15-18-36(40)23-46(52(50)56-58(54,55)57-53)48-42(31(6)7)24-37(29(2)3)25-43(48)32(8)9/h16-17,19-35H,14-15,18H2,1-13H3,(H,55,56);14-16,18-34H,1,17H2,2-13H3,(H,54,55). The first-order chi connectivity index (χ1) is 55.3. The maximum atomic E-state index is 14.9. The fraction of sp³-hybridized carbons (Fsp3) is 0.383. The normalized spacial score (nSPS) is 15.4. The van der Waals surface area contributed by atoms with Crippen LogP contribution in [0.4, 0.5) is 0 Å². The summed E-state index contributed by atoms with van der Waals surface area (Å²) in [6.45, 7) is 60.0. The molecule has 0 saturated heterocycles. The van der Waals surface area contributed by atoms with Crippen LogP contribution in [0.15, 0.2) is 170 Å². The van der Waals surface area contributed by atoms with E-state index in [4.69, 9.17) is 18.1 Å². The first kappa shape index (κ1) is 85.9. The Bertz CT molecular complexity index is 5840. The van der Waals surface area contributed by atoms with Gasteiger partial charge in [0.15, 0.2) is 0 Å². The molecule has 612 valence electrons. The van der Waals surface area contributed by atoms with Gasteiger partial charge in [0, 0.05) is 44.5 Å². The van der Waals surface area contributed by atoms with Crippen molar-refractivity contribution < 1.29 is 37.0 Å². The van der Waals surface area contributed by atoms with Crippen LogP contribution in [0.5, 0.6) is 23.0 Å². The second kappa shape index (κ2) is 34.0. The van der Waals surface area contributed by atoms with Gasteiger partial charge >= 0.3 is 15.6 Å². The molecule has 12 aromatic rings. The second-order valence-corrected chi connectivity index (χ2v) is 39.7. The number of allylic oxidation sites excluding steroid dienone is 1. The average Bonchev–Trinajstić information content (AvgIpc) is 1.69. The fourth-order valence-corrected chi connectivity index (χ4v) is 19.8. The predicted octanol–water partition coefficient (Wildman–Crippen LogP) is 33.3. The summed E-state index contributed by atoms with van der Waals surface area (Å²) in [6, 6.07) is 57.5. The van der Waals surface area contributed by atoms with Crippen LogP contribution in [-0.4, -0.2) is 9.79 Å². The molecule has 0 saturated carbocycles. The Morgan fingerprint density at radius 3 is 0.786 bits per heavy atom. The lowest BCUT2D eigenvalue weighted by molar-refractivity contribution is 0.293. The van der Waals surface area contributed by atoms with E-state index in [1.54, 1.807) is 0 Å². The predicted molar refractivity (Wildman–Crippen MR) is 499 cm³/mol. The van der Waals surface area contributed by atoms with E-state index in [-0.39, 0.29) is 47.3 Å². The number of aryl methyl sites for hydroxylation is 1. The molecule has 0 aromatic heterocycles. The molecule has 0 fully saturated rings. The molecule has 14 rings (SSSR count). The Kier molecular flexibility index (Phi) is 25.0. The van der Waals surface area contributed by atoms with E-state index in [0.29, 0.717) is 46.7 Å². The van der Waals surface area contributed by atoms with Crippen LogP contribution in [0.1, 0.15) is 335 Å². The summed E-state index contributed by atoms with van der Waals surface area (Å²) >= 11 is 0. The lowest BCUT2D eigenvalue weighted by atomic mass is 9.78. The van der Waals surface area contributed by atoms with Crippen LogP contribution >= 0.6 is 15.6 Å². The molecule has 2 aliphatic heterocycles. The maximum absolute atomic E-state index is 14.9. The molecule has 0 aliphatic carbocycles.